The number of carbonyl (C=O) groups is 1. The van der Waals surface area contributed by atoms with Gasteiger partial charge in [-0.25, -0.2) is 0 Å². The number of nitrogens with zero attached hydrogens (tertiary/aromatic N) is 2. The number of anilines is 1. The van der Waals surface area contributed by atoms with E-state index in [2.05, 4.69) is 11.0 Å². The zero-order chi connectivity index (χ0) is 17.9. The summed E-state index contributed by atoms with van der Waals surface area (Å²) < 4.78 is 0. The van der Waals surface area contributed by atoms with Crippen LogP contribution in [0.5, 0.6) is 5.75 Å². The van der Waals surface area contributed by atoms with Crippen LogP contribution in [0.25, 0.3) is 0 Å². The summed E-state index contributed by atoms with van der Waals surface area (Å²) in [7, 11) is 0. The lowest BCUT2D eigenvalue weighted by Crippen LogP contribution is -2.48. The number of hydrogen-bond acceptors (Lipinski definition) is 4. The highest BCUT2D eigenvalue weighted by Gasteiger charge is 2.25. The minimum Gasteiger partial charge on any atom is -0.506 e. The van der Waals surface area contributed by atoms with Gasteiger partial charge < -0.3 is 14.9 Å². The first-order valence-corrected chi connectivity index (χ1v) is 10.5. The Bertz CT molecular complexity index is 753. The van der Waals surface area contributed by atoms with Gasteiger partial charge >= 0.3 is 0 Å². The molecule has 5 heteroatoms. The molecule has 138 valence electrons. The number of carbonyl (C=O) groups excluding carboxylic acids is 1. The molecule has 0 bridgehead atoms. The summed E-state index contributed by atoms with van der Waals surface area (Å²) in [6, 6.07) is 9.58. The fourth-order valence-electron chi connectivity index (χ4n) is 3.99. The largest absolute Gasteiger partial charge is 0.506 e. The number of aromatic hydroxyl groups is 1. The third kappa shape index (κ3) is 3.58. The van der Waals surface area contributed by atoms with Crippen molar-refractivity contribution in [3.63, 3.8) is 0 Å². The topological polar surface area (TPSA) is 43.8 Å². The summed E-state index contributed by atoms with van der Waals surface area (Å²) in [6.07, 6.45) is 7.38. The van der Waals surface area contributed by atoms with Crippen LogP contribution in [0.4, 0.5) is 5.69 Å². The van der Waals surface area contributed by atoms with Crippen LogP contribution < -0.4 is 4.90 Å². The summed E-state index contributed by atoms with van der Waals surface area (Å²) in [5.41, 5.74) is 2.27. The maximum absolute atomic E-state index is 13.0. The van der Waals surface area contributed by atoms with Crippen molar-refractivity contribution in [2.24, 2.45) is 0 Å². The van der Waals surface area contributed by atoms with E-state index in [1.54, 1.807) is 17.4 Å². The fourth-order valence-corrected chi connectivity index (χ4v) is 5.21. The molecule has 0 spiro atoms. The molecule has 2 aromatic rings. The molecule has 4 nitrogen and oxygen atoms in total. The van der Waals surface area contributed by atoms with E-state index in [0.29, 0.717) is 18.8 Å². The Labute approximate surface area is 159 Å². The predicted octanol–water partition coefficient (Wildman–Crippen LogP) is 4.08. The van der Waals surface area contributed by atoms with Crippen molar-refractivity contribution in [3.05, 3.63) is 45.6 Å². The van der Waals surface area contributed by atoms with Crippen LogP contribution in [0, 0.1) is 0 Å². The van der Waals surface area contributed by atoms with Crippen LogP contribution in [0.2, 0.25) is 0 Å². The summed E-state index contributed by atoms with van der Waals surface area (Å²) in [5, 5.41) is 10.0. The van der Waals surface area contributed by atoms with Gasteiger partial charge in [0.1, 0.15) is 5.75 Å². The number of para-hydroxylation sites is 2. The highest BCUT2D eigenvalue weighted by Crippen LogP contribution is 2.30. The minimum absolute atomic E-state index is 0.179. The molecule has 2 heterocycles. The molecule has 1 aromatic heterocycles. The molecular weight excluding hydrogens is 344 g/mol. The van der Waals surface area contributed by atoms with Gasteiger partial charge in [-0.2, -0.15) is 0 Å². The number of phenols is 1. The molecule has 1 aliphatic heterocycles. The van der Waals surface area contributed by atoms with Gasteiger partial charge in [-0.1, -0.05) is 25.0 Å². The normalized spacial score (nSPS) is 18.2. The number of rotatable bonds is 2. The van der Waals surface area contributed by atoms with Gasteiger partial charge in [0.05, 0.1) is 10.6 Å². The average molecular weight is 371 g/mol. The first-order chi connectivity index (χ1) is 12.7. The monoisotopic (exact) mass is 370 g/mol. The van der Waals surface area contributed by atoms with Crippen LogP contribution >= 0.6 is 11.3 Å². The van der Waals surface area contributed by atoms with Crippen molar-refractivity contribution in [2.75, 3.05) is 31.1 Å². The molecule has 1 N–H and O–H groups in total. The Kier molecular flexibility index (Phi) is 5.16. The number of amides is 1. The Morgan fingerprint density at radius 2 is 1.69 bits per heavy atom. The molecule has 1 amide bonds. The number of hydrogen-bond donors (Lipinski definition) is 1. The highest BCUT2D eigenvalue weighted by molar-refractivity contribution is 7.14. The molecule has 1 aliphatic carbocycles. The van der Waals surface area contributed by atoms with Crippen molar-refractivity contribution in [1.29, 1.82) is 0 Å². The number of fused-ring (bicyclic) bond motifs is 1. The van der Waals surface area contributed by atoms with E-state index in [-0.39, 0.29) is 5.91 Å². The van der Waals surface area contributed by atoms with Gasteiger partial charge in [0.2, 0.25) is 0 Å². The van der Waals surface area contributed by atoms with Crippen LogP contribution in [0.15, 0.2) is 30.3 Å². The van der Waals surface area contributed by atoms with Crippen molar-refractivity contribution >= 4 is 22.9 Å². The SMILES string of the molecule is O=C(c1cc2c(s1)CCCCCC2)N1CCN(c2ccccc2O)CC1. The highest BCUT2D eigenvalue weighted by atomic mass is 32.1. The first-order valence-electron chi connectivity index (χ1n) is 9.66. The van der Waals surface area contributed by atoms with Gasteiger partial charge in [0.25, 0.3) is 5.91 Å². The third-order valence-corrected chi connectivity index (χ3v) is 6.72. The summed E-state index contributed by atoms with van der Waals surface area (Å²) in [4.78, 5) is 19.4. The maximum Gasteiger partial charge on any atom is 0.264 e. The first kappa shape index (κ1) is 17.4. The second kappa shape index (κ2) is 7.70. The molecule has 4 rings (SSSR count). The summed E-state index contributed by atoms with van der Waals surface area (Å²) >= 11 is 1.71. The lowest BCUT2D eigenvalue weighted by atomic mass is 10.00. The van der Waals surface area contributed by atoms with E-state index >= 15 is 0 Å². The number of benzene rings is 1. The van der Waals surface area contributed by atoms with E-state index in [1.165, 1.54) is 36.1 Å². The Hall–Kier alpha value is -2.01. The lowest BCUT2D eigenvalue weighted by Gasteiger charge is -2.36. The predicted molar refractivity (Wildman–Crippen MR) is 106 cm³/mol. The second-order valence-corrected chi connectivity index (χ2v) is 8.38. The molecule has 2 aliphatic rings. The smallest absolute Gasteiger partial charge is 0.264 e. The third-order valence-electron chi connectivity index (χ3n) is 5.50. The molecule has 26 heavy (non-hydrogen) atoms. The van der Waals surface area contributed by atoms with Crippen LogP contribution in [0.1, 0.15) is 45.8 Å². The Morgan fingerprint density at radius 3 is 2.46 bits per heavy atom. The second-order valence-electron chi connectivity index (χ2n) is 7.24. The number of phenolic OH excluding ortho intramolecular Hbond substituents is 1. The van der Waals surface area contributed by atoms with E-state index in [9.17, 15) is 9.90 Å². The molecule has 1 saturated heterocycles. The minimum atomic E-state index is 0.179. The van der Waals surface area contributed by atoms with Crippen molar-refractivity contribution in [1.82, 2.24) is 4.90 Å². The quantitative estimate of drug-likeness (QED) is 0.866. The van der Waals surface area contributed by atoms with Gasteiger partial charge in [-0.05, 0) is 49.4 Å². The van der Waals surface area contributed by atoms with Crippen molar-refractivity contribution < 1.29 is 9.90 Å². The van der Waals surface area contributed by atoms with E-state index in [1.807, 2.05) is 23.1 Å². The van der Waals surface area contributed by atoms with Crippen molar-refractivity contribution in [3.8, 4) is 5.75 Å². The summed E-state index contributed by atoms with van der Waals surface area (Å²) in [6.45, 7) is 2.92. The number of thiophene rings is 1. The zero-order valence-electron chi connectivity index (χ0n) is 15.1. The zero-order valence-corrected chi connectivity index (χ0v) is 15.9. The van der Waals surface area contributed by atoms with Gasteiger partial charge in [0, 0.05) is 31.1 Å². The average Bonchev–Trinajstić information content (AvgIpc) is 3.04. The number of piperazine rings is 1. The lowest BCUT2D eigenvalue weighted by molar-refractivity contribution is 0.0751. The van der Waals surface area contributed by atoms with Crippen molar-refractivity contribution in [2.45, 2.75) is 38.5 Å². The summed E-state index contributed by atoms with van der Waals surface area (Å²) in [5.74, 6) is 0.490. The van der Waals surface area contributed by atoms with Crippen LogP contribution in [0.3, 0.4) is 0 Å². The Balaban J connectivity index is 1.42. The van der Waals surface area contributed by atoms with E-state index in [0.717, 1.165) is 36.5 Å². The standard InChI is InChI=1S/C21H26N2O2S/c24-18-9-6-5-8-17(18)22-11-13-23(14-12-22)21(25)20-15-16-7-3-1-2-4-10-19(16)26-20/h5-6,8-9,15,24H,1-4,7,10-14H2. The van der Waals surface area contributed by atoms with Crippen LogP contribution in [-0.4, -0.2) is 42.1 Å². The molecular formula is C21H26N2O2S. The molecule has 0 radical (unpaired) electrons. The Morgan fingerprint density at radius 1 is 0.962 bits per heavy atom. The molecule has 1 fully saturated rings. The van der Waals surface area contributed by atoms with Gasteiger partial charge in [-0.3, -0.25) is 4.79 Å². The molecule has 0 atom stereocenters. The molecule has 0 unspecified atom stereocenters. The maximum atomic E-state index is 13.0. The van der Waals surface area contributed by atoms with Gasteiger partial charge in [0.15, 0.2) is 0 Å². The van der Waals surface area contributed by atoms with E-state index in [4.69, 9.17) is 0 Å². The fraction of sp³-hybridized carbons (Fsp3) is 0.476. The molecule has 0 saturated carbocycles. The van der Waals surface area contributed by atoms with E-state index < -0.39 is 0 Å². The van der Waals surface area contributed by atoms with Crippen LogP contribution in [-0.2, 0) is 12.8 Å². The molecule has 1 aromatic carbocycles. The number of aryl methyl sites for hydroxylation is 2. The van der Waals surface area contributed by atoms with Gasteiger partial charge in [-0.15, -0.1) is 11.3 Å².